The molecular weight excluding hydrogens is 366 g/mol. The number of benzene rings is 1. The van der Waals surface area contributed by atoms with Gasteiger partial charge in [-0.1, -0.05) is 6.07 Å². The van der Waals surface area contributed by atoms with Crippen LogP contribution in [0.3, 0.4) is 0 Å². The van der Waals surface area contributed by atoms with E-state index in [1.165, 1.54) is 23.2 Å². The molecule has 9 heteroatoms. The first-order valence-electron chi connectivity index (χ1n) is 9.19. The normalized spacial score (nSPS) is 13.2. The van der Waals surface area contributed by atoms with Crippen LogP contribution >= 0.6 is 0 Å². The van der Waals surface area contributed by atoms with Crippen molar-refractivity contribution in [2.75, 3.05) is 32.1 Å². The van der Waals surface area contributed by atoms with Crippen LogP contribution in [0.15, 0.2) is 24.3 Å². The Labute approximate surface area is 163 Å². The summed E-state index contributed by atoms with van der Waals surface area (Å²) < 4.78 is 9.50. The molecule has 0 saturated carbocycles. The number of hydrazine groups is 1. The minimum atomic E-state index is -0.470. The largest absolute Gasteiger partial charge is 0.469 e. The molecule has 0 aromatic heterocycles. The Kier molecular flexibility index (Phi) is 7.79. The van der Waals surface area contributed by atoms with Crippen molar-refractivity contribution < 1.29 is 28.7 Å². The van der Waals surface area contributed by atoms with Crippen molar-refractivity contribution >= 4 is 29.6 Å². The third-order valence-electron chi connectivity index (χ3n) is 4.18. The second-order valence-electron chi connectivity index (χ2n) is 6.15. The maximum absolute atomic E-state index is 12.6. The van der Waals surface area contributed by atoms with Gasteiger partial charge in [0.25, 0.3) is 0 Å². The van der Waals surface area contributed by atoms with Crippen LogP contribution in [0.2, 0.25) is 0 Å². The molecule has 1 saturated heterocycles. The van der Waals surface area contributed by atoms with Gasteiger partial charge in [0.2, 0.25) is 5.91 Å². The average molecular weight is 391 g/mol. The number of urea groups is 1. The van der Waals surface area contributed by atoms with Gasteiger partial charge in [-0.25, -0.2) is 14.6 Å². The van der Waals surface area contributed by atoms with E-state index in [9.17, 15) is 19.2 Å². The number of nitrogens with zero attached hydrogens (tertiary/aromatic N) is 2. The van der Waals surface area contributed by atoms with Crippen LogP contribution in [0.5, 0.6) is 0 Å². The van der Waals surface area contributed by atoms with Gasteiger partial charge in [-0.05, 0) is 38.0 Å². The second kappa shape index (κ2) is 10.3. The summed E-state index contributed by atoms with van der Waals surface area (Å²) in [6.45, 7) is 2.82. The molecule has 0 aliphatic carbocycles. The number of methoxy groups -OCH3 is 1. The summed E-state index contributed by atoms with van der Waals surface area (Å²) in [6, 6.07) is 5.95. The molecule has 1 fully saturated rings. The molecule has 0 unspecified atom stereocenters. The number of amides is 3. The molecule has 1 aliphatic heterocycles. The highest BCUT2D eigenvalue weighted by molar-refractivity contribution is 5.94. The molecule has 28 heavy (non-hydrogen) atoms. The lowest BCUT2D eigenvalue weighted by Gasteiger charge is -2.28. The maximum Gasteiger partial charge on any atom is 0.340 e. The lowest BCUT2D eigenvalue weighted by Crippen LogP contribution is -2.46. The van der Waals surface area contributed by atoms with Crippen LogP contribution < -0.4 is 5.32 Å². The van der Waals surface area contributed by atoms with Gasteiger partial charge in [0.1, 0.15) is 0 Å². The van der Waals surface area contributed by atoms with E-state index in [2.05, 4.69) is 10.1 Å². The Balaban J connectivity index is 1.95. The van der Waals surface area contributed by atoms with Gasteiger partial charge in [-0.2, -0.15) is 0 Å². The van der Waals surface area contributed by atoms with E-state index in [-0.39, 0.29) is 31.3 Å². The van der Waals surface area contributed by atoms with Gasteiger partial charge in [-0.3, -0.25) is 14.6 Å². The quantitative estimate of drug-likeness (QED) is 0.715. The van der Waals surface area contributed by atoms with Crippen molar-refractivity contribution in [1.29, 1.82) is 0 Å². The highest BCUT2D eigenvalue weighted by Crippen LogP contribution is 2.17. The summed E-state index contributed by atoms with van der Waals surface area (Å²) in [4.78, 5) is 48.0. The average Bonchev–Trinajstić information content (AvgIpc) is 3.18. The third-order valence-corrected chi connectivity index (χ3v) is 4.18. The van der Waals surface area contributed by atoms with E-state index < -0.39 is 12.0 Å². The Morgan fingerprint density at radius 3 is 2.57 bits per heavy atom. The predicted molar refractivity (Wildman–Crippen MR) is 100 cm³/mol. The number of hydrogen-bond donors (Lipinski definition) is 1. The number of carbonyl (C=O) groups excluding carboxylic acids is 4. The fraction of sp³-hybridized carbons (Fsp3) is 0.474. The standard InChI is InChI=1S/C19H25N3O6/c1-3-28-18(25)14-7-4-8-15(13-14)20-19(26)22-12-6-11-21(22)16(23)9-5-10-17(24)27-2/h4,7-8,13H,3,5-6,9-12H2,1-2H3,(H,20,26). The van der Waals surface area contributed by atoms with Crippen LogP contribution in [0.1, 0.15) is 43.0 Å². The van der Waals surface area contributed by atoms with Crippen LogP contribution in [-0.2, 0) is 19.1 Å². The van der Waals surface area contributed by atoms with Gasteiger partial charge in [0, 0.05) is 31.6 Å². The smallest absolute Gasteiger partial charge is 0.340 e. The molecule has 1 N–H and O–H groups in total. The minimum Gasteiger partial charge on any atom is -0.469 e. The Morgan fingerprint density at radius 1 is 1.11 bits per heavy atom. The molecule has 1 aromatic carbocycles. The summed E-state index contributed by atoms with van der Waals surface area (Å²) in [5.74, 6) is -1.07. The van der Waals surface area contributed by atoms with E-state index >= 15 is 0 Å². The van der Waals surface area contributed by atoms with Crippen LogP contribution in [0.25, 0.3) is 0 Å². The van der Waals surface area contributed by atoms with Crippen molar-refractivity contribution in [3.05, 3.63) is 29.8 Å². The molecule has 1 aliphatic rings. The number of ether oxygens (including phenoxy) is 2. The monoisotopic (exact) mass is 391 g/mol. The van der Waals surface area contributed by atoms with Crippen molar-refractivity contribution in [1.82, 2.24) is 10.0 Å². The molecule has 1 aromatic rings. The molecule has 0 spiro atoms. The molecule has 1 heterocycles. The predicted octanol–water partition coefficient (Wildman–Crippen LogP) is 2.19. The zero-order valence-corrected chi connectivity index (χ0v) is 16.1. The first-order valence-corrected chi connectivity index (χ1v) is 9.19. The maximum atomic E-state index is 12.6. The molecule has 9 nitrogen and oxygen atoms in total. The third kappa shape index (κ3) is 5.70. The van der Waals surface area contributed by atoms with Crippen molar-refractivity contribution in [2.24, 2.45) is 0 Å². The SMILES string of the molecule is CCOC(=O)c1cccc(NC(=O)N2CCCN2C(=O)CCCC(=O)OC)c1. The van der Waals surface area contributed by atoms with Gasteiger partial charge < -0.3 is 14.8 Å². The summed E-state index contributed by atoms with van der Waals surface area (Å²) in [5, 5.41) is 5.44. The summed E-state index contributed by atoms with van der Waals surface area (Å²) in [6.07, 6.45) is 1.33. The van der Waals surface area contributed by atoms with E-state index in [1.54, 1.807) is 25.1 Å². The number of rotatable bonds is 7. The topological polar surface area (TPSA) is 105 Å². The van der Waals surface area contributed by atoms with Gasteiger partial charge in [0.15, 0.2) is 0 Å². The van der Waals surface area contributed by atoms with E-state index in [4.69, 9.17) is 4.74 Å². The molecule has 0 bridgehead atoms. The molecule has 0 radical (unpaired) electrons. The minimum absolute atomic E-state index is 0.150. The van der Waals surface area contributed by atoms with Crippen LogP contribution in [0, 0.1) is 0 Å². The zero-order chi connectivity index (χ0) is 20.5. The molecule has 152 valence electrons. The highest BCUT2D eigenvalue weighted by Gasteiger charge is 2.30. The number of hydrogen-bond acceptors (Lipinski definition) is 6. The molecule has 0 atom stereocenters. The fourth-order valence-electron chi connectivity index (χ4n) is 2.82. The second-order valence-corrected chi connectivity index (χ2v) is 6.15. The Hall–Kier alpha value is -3.10. The van der Waals surface area contributed by atoms with Gasteiger partial charge >= 0.3 is 18.0 Å². The first kappa shape index (κ1) is 21.2. The molecular formula is C19H25N3O6. The number of esters is 2. The van der Waals surface area contributed by atoms with Crippen molar-refractivity contribution in [3.63, 3.8) is 0 Å². The lowest BCUT2D eigenvalue weighted by atomic mass is 10.2. The van der Waals surface area contributed by atoms with E-state index in [0.29, 0.717) is 37.2 Å². The zero-order valence-electron chi connectivity index (χ0n) is 16.1. The Bertz CT molecular complexity index is 736. The fourth-order valence-corrected chi connectivity index (χ4v) is 2.82. The summed E-state index contributed by atoms with van der Waals surface area (Å²) >= 11 is 0. The first-order chi connectivity index (χ1) is 13.5. The van der Waals surface area contributed by atoms with E-state index in [1.807, 2.05) is 0 Å². The summed E-state index contributed by atoms with van der Waals surface area (Å²) in [5.41, 5.74) is 0.761. The molecule has 2 rings (SSSR count). The lowest BCUT2D eigenvalue weighted by molar-refractivity contribution is -0.142. The van der Waals surface area contributed by atoms with Gasteiger partial charge in [-0.15, -0.1) is 0 Å². The van der Waals surface area contributed by atoms with Crippen LogP contribution in [-0.4, -0.2) is 60.7 Å². The number of nitrogens with one attached hydrogen (secondary N) is 1. The highest BCUT2D eigenvalue weighted by atomic mass is 16.5. The molecule has 3 amide bonds. The van der Waals surface area contributed by atoms with Crippen molar-refractivity contribution in [2.45, 2.75) is 32.6 Å². The van der Waals surface area contributed by atoms with E-state index in [0.717, 1.165) is 0 Å². The van der Waals surface area contributed by atoms with Crippen LogP contribution in [0.4, 0.5) is 10.5 Å². The van der Waals surface area contributed by atoms with Gasteiger partial charge in [0.05, 0.1) is 19.3 Å². The Morgan fingerprint density at radius 2 is 1.86 bits per heavy atom. The number of anilines is 1. The van der Waals surface area contributed by atoms with Crippen molar-refractivity contribution in [3.8, 4) is 0 Å². The summed E-state index contributed by atoms with van der Waals surface area (Å²) in [7, 11) is 1.30. The number of carbonyl (C=O) groups is 4.